The first-order valence-corrected chi connectivity index (χ1v) is 2.48. The van der Waals surface area contributed by atoms with Crippen LogP contribution in [-0.2, 0) is 9.63 Å². The largest absolute Gasteiger partial charge is 0.339 e. The van der Waals surface area contributed by atoms with Crippen LogP contribution >= 0.6 is 0 Å². The van der Waals surface area contributed by atoms with Gasteiger partial charge in [0.25, 0.3) is 0 Å². The highest BCUT2D eigenvalue weighted by Gasteiger charge is 1.99. The number of hydrogen-bond acceptors (Lipinski definition) is 5. The highest BCUT2D eigenvalue weighted by molar-refractivity contribution is 5.69. The Labute approximate surface area is 52.3 Å². The normalized spacial score (nSPS) is 8.56. The SMILES string of the molecule is CNCCC(=O)ON=O. The summed E-state index contributed by atoms with van der Waals surface area (Å²) >= 11 is 0. The second-order valence-electron chi connectivity index (χ2n) is 1.39. The molecule has 0 aliphatic carbocycles. The summed E-state index contributed by atoms with van der Waals surface area (Å²) in [6.07, 6.45) is 0.169. The van der Waals surface area contributed by atoms with Gasteiger partial charge in [-0.3, -0.25) is 4.84 Å². The van der Waals surface area contributed by atoms with Crippen LogP contribution in [-0.4, -0.2) is 19.6 Å². The average Bonchev–Trinajstić information content (AvgIpc) is 1.85. The van der Waals surface area contributed by atoms with E-state index >= 15 is 0 Å². The van der Waals surface area contributed by atoms with Crippen molar-refractivity contribution in [3.63, 3.8) is 0 Å². The summed E-state index contributed by atoms with van der Waals surface area (Å²) in [4.78, 5) is 23.2. The molecule has 0 rings (SSSR count). The fourth-order valence-corrected chi connectivity index (χ4v) is 0.314. The van der Waals surface area contributed by atoms with E-state index in [1.807, 2.05) is 5.34 Å². The van der Waals surface area contributed by atoms with E-state index in [2.05, 4.69) is 10.2 Å². The van der Waals surface area contributed by atoms with E-state index in [4.69, 9.17) is 0 Å². The maximum Gasteiger partial charge on any atom is 0.339 e. The van der Waals surface area contributed by atoms with Crippen molar-refractivity contribution in [3.05, 3.63) is 4.91 Å². The van der Waals surface area contributed by atoms with Gasteiger partial charge in [-0.2, -0.15) is 0 Å². The van der Waals surface area contributed by atoms with Gasteiger partial charge in [-0.05, 0) is 7.05 Å². The van der Waals surface area contributed by atoms with Crippen LogP contribution < -0.4 is 5.32 Å². The molecule has 0 saturated heterocycles. The molecule has 0 heterocycles. The fraction of sp³-hybridized carbons (Fsp3) is 0.750. The molecule has 5 heteroatoms. The smallest absolute Gasteiger partial charge is 0.319 e. The van der Waals surface area contributed by atoms with Crippen molar-refractivity contribution in [3.8, 4) is 0 Å². The highest BCUT2D eigenvalue weighted by atomic mass is 16.7. The summed E-state index contributed by atoms with van der Waals surface area (Å²) in [6, 6.07) is 0. The van der Waals surface area contributed by atoms with Crippen LogP contribution in [0.1, 0.15) is 6.42 Å². The molecule has 0 aromatic carbocycles. The van der Waals surface area contributed by atoms with Gasteiger partial charge in [0.2, 0.25) is 0 Å². The standard InChI is InChI=1S/C4H8N2O3/c1-5-3-2-4(7)9-6-8/h5H,2-3H2,1H3. The third-order valence-electron chi connectivity index (χ3n) is 0.718. The molecule has 0 fully saturated rings. The van der Waals surface area contributed by atoms with E-state index in [0.29, 0.717) is 6.54 Å². The Bertz CT molecular complexity index is 104. The van der Waals surface area contributed by atoms with Gasteiger partial charge in [0.05, 0.1) is 6.42 Å². The zero-order chi connectivity index (χ0) is 7.11. The second kappa shape index (κ2) is 5.17. The number of carbonyl (C=O) groups excluding carboxylic acids is 1. The lowest BCUT2D eigenvalue weighted by atomic mass is 10.4. The monoisotopic (exact) mass is 132 g/mol. The minimum Gasteiger partial charge on any atom is -0.319 e. The minimum absolute atomic E-state index is 0.169. The number of hydrogen-bond donors (Lipinski definition) is 1. The van der Waals surface area contributed by atoms with Crippen molar-refractivity contribution in [2.75, 3.05) is 13.6 Å². The summed E-state index contributed by atoms with van der Waals surface area (Å²) in [5, 5.41) is 4.67. The molecule has 52 valence electrons. The number of nitrogens with one attached hydrogen (secondary N) is 1. The molecule has 0 aromatic rings. The van der Waals surface area contributed by atoms with Crippen LogP contribution in [0.3, 0.4) is 0 Å². The first kappa shape index (κ1) is 8.03. The molecule has 1 N–H and O–H groups in total. The van der Waals surface area contributed by atoms with Crippen molar-refractivity contribution in [1.29, 1.82) is 0 Å². The minimum atomic E-state index is -0.612. The van der Waals surface area contributed by atoms with Gasteiger partial charge >= 0.3 is 5.97 Å². The summed E-state index contributed by atoms with van der Waals surface area (Å²) in [6.45, 7) is 0.494. The maximum absolute atomic E-state index is 10.2. The van der Waals surface area contributed by atoms with E-state index in [-0.39, 0.29) is 6.42 Å². The third kappa shape index (κ3) is 4.89. The molecule has 0 aliphatic heterocycles. The van der Waals surface area contributed by atoms with Crippen LogP contribution in [0.5, 0.6) is 0 Å². The first-order valence-electron chi connectivity index (χ1n) is 2.48. The molecule has 0 saturated carbocycles. The van der Waals surface area contributed by atoms with Gasteiger partial charge in [0.1, 0.15) is 0 Å². The molecule has 5 nitrogen and oxygen atoms in total. The first-order chi connectivity index (χ1) is 4.31. The van der Waals surface area contributed by atoms with E-state index in [9.17, 15) is 9.70 Å². The predicted molar refractivity (Wildman–Crippen MR) is 30.4 cm³/mol. The van der Waals surface area contributed by atoms with Gasteiger partial charge in [0, 0.05) is 6.54 Å². The number of rotatable bonds is 4. The molecule has 0 atom stereocenters. The summed E-state index contributed by atoms with van der Waals surface area (Å²) in [5.74, 6) is -0.612. The summed E-state index contributed by atoms with van der Waals surface area (Å²) in [7, 11) is 1.70. The van der Waals surface area contributed by atoms with Crippen LogP contribution in [0.4, 0.5) is 0 Å². The van der Waals surface area contributed by atoms with E-state index in [1.165, 1.54) is 0 Å². The summed E-state index contributed by atoms with van der Waals surface area (Å²) < 4.78 is 0. The lowest BCUT2D eigenvalue weighted by Gasteiger charge is -1.92. The highest BCUT2D eigenvalue weighted by Crippen LogP contribution is 1.82. The molecule has 0 radical (unpaired) electrons. The Balaban J connectivity index is 3.16. The van der Waals surface area contributed by atoms with Gasteiger partial charge in [0.15, 0.2) is 5.34 Å². The average molecular weight is 132 g/mol. The van der Waals surface area contributed by atoms with Crippen molar-refractivity contribution in [1.82, 2.24) is 5.32 Å². The van der Waals surface area contributed by atoms with Gasteiger partial charge in [-0.1, -0.05) is 0 Å². The van der Waals surface area contributed by atoms with Crippen LogP contribution in [0, 0.1) is 4.91 Å². The van der Waals surface area contributed by atoms with Crippen molar-refractivity contribution in [2.24, 2.45) is 5.34 Å². The maximum atomic E-state index is 10.2. The van der Waals surface area contributed by atoms with Crippen LogP contribution in [0.15, 0.2) is 5.34 Å². The molecule has 0 aliphatic rings. The molecule has 0 amide bonds. The third-order valence-corrected chi connectivity index (χ3v) is 0.718. The van der Waals surface area contributed by atoms with Crippen molar-refractivity contribution >= 4 is 5.97 Å². The fourth-order valence-electron chi connectivity index (χ4n) is 0.314. The quantitative estimate of drug-likeness (QED) is 0.425. The van der Waals surface area contributed by atoms with Crippen molar-refractivity contribution in [2.45, 2.75) is 6.42 Å². The van der Waals surface area contributed by atoms with Gasteiger partial charge in [-0.15, -0.1) is 4.91 Å². The molecule has 9 heavy (non-hydrogen) atoms. The Morgan fingerprint density at radius 3 is 2.89 bits per heavy atom. The Morgan fingerprint density at radius 2 is 2.44 bits per heavy atom. The molecular formula is C4H8N2O3. The Morgan fingerprint density at radius 1 is 1.78 bits per heavy atom. The second-order valence-corrected chi connectivity index (χ2v) is 1.39. The molecule has 0 aromatic heterocycles. The zero-order valence-electron chi connectivity index (χ0n) is 5.09. The zero-order valence-corrected chi connectivity index (χ0v) is 5.09. The van der Waals surface area contributed by atoms with Crippen LogP contribution in [0.2, 0.25) is 0 Å². The van der Waals surface area contributed by atoms with Gasteiger partial charge < -0.3 is 5.32 Å². The Kier molecular flexibility index (Phi) is 4.61. The lowest BCUT2D eigenvalue weighted by molar-refractivity contribution is -0.143. The number of carbonyl (C=O) groups is 1. The van der Waals surface area contributed by atoms with Crippen molar-refractivity contribution < 1.29 is 9.63 Å². The number of nitrogens with zero attached hydrogens (tertiary/aromatic N) is 1. The van der Waals surface area contributed by atoms with Crippen LogP contribution in [0.25, 0.3) is 0 Å². The lowest BCUT2D eigenvalue weighted by Crippen LogP contribution is -2.13. The van der Waals surface area contributed by atoms with E-state index in [0.717, 1.165) is 0 Å². The summed E-state index contributed by atoms with van der Waals surface area (Å²) in [5.41, 5.74) is 0. The molecule has 0 unspecified atom stereocenters. The molecular weight excluding hydrogens is 124 g/mol. The molecule has 0 bridgehead atoms. The van der Waals surface area contributed by atoms with Gasteiger partial charge in [-0.25, -0.2) is 4.79 Å². The topological polar surface area (TPSA) is 67.8 Å². The van der Waals surface area contributed by atoms with E-state index < -0.39 is 5.97 Å². The molecule has 0 spiro atoms. The Hall–Kier alpha value is -0.970. The predicted octanol–water partition coefficient (Wildman–Crippen LogP) is -0.179. The van der Waals surface area contributed by atoms with E-state index in [1.54, 1.807) is 7.05 Å².